The highest BCUT2D eigenvalue weighted by molar-refractivity contribution is 5.78. The van der Waals surface area contributed by atoms with Gasteiger partial charge < -0.3 is 14.6 Å². The second-order valence-electron chi connectivity index (χ2n) is 8.03. The maximum atomic E-state index is 12.0. The van der Waals surface area contributed by atoms with Crippen molar-refractivity contribution in [1.82, 2.24) is 25.3 Å². The van der Waals surface area contributed by atoms with Gasteiger partial charge in [-0.1, -0.05) is 25.1 Å². The molecule has 0 saturated carbocycles. The van der Waals surface area contributed by atoms with Gasteiger partial charge >= 0.3 is 0 Å². The van der Waals surface area contributed by atoms with Gasteiger partial charge in [0, 0.05) is 49.2 Å². The van der Waals surface area contributed by atoms with Gasteiger partial charge in [-0.3, -0.25) is 9.69 Å². The van der Waals surface area contributed by atoms with Crippen LogP contribution in [0.2, 0.25) is 0 Å². The third kappa shape index (κ3) is 5.46. The largest absolute Gasteiger partial charge is 0.485 e. The lowest BCUT2D eigenvalue weighted by Crippen LogP contribution is -2.32. The van der Waals surface area contributed by atoms with Crippen LogP contribution in [0.25, 0.3) is 11.1 Å². The standard InChI is InChI=1S/C23H27N5O3/c1-16(2)21-9-20(31-27-21)14-30-22-5-4-17(19-10-24-15-25-11-19)8-18(22)12-28-7-3-6-26-23(29)13-28/h4-5,8-11,15-16H,3,6-7,12-14H2,1-2H3,(H,26,29). The number of nitrogens with zero attached hydrogens (tertiary/aromatic N) is 4. The molecule has 1 saturated heterocycles. The third-order valence-corrected chi connectivity index (χ3v) is 5.23. The summed E-state index contributed by atoms with van der Waals surface area (Å²) in [6, 6.07) is 7.96. The molecule has 31 heavy (non-hydrogen) atoms. The Kier molecular flexibility index (Phi) is 6.57. The summed E-state index contributed by atoms with van der Waals surface area (Å²) in [6.07, 6.45) is 6.01. The van der Waals surface area contributed by atoms with Crippen LogP contribution in [0.3, 0.4) is 0 Å². The van der Waals surface area contributed by atoms with Crippen LogP contribution in [-0.2, 0) is 17.9 Å². The summed E-state index contributed by atoms with van der Waals surface area (Å²) in [5, 5.41) is 7.02. The van der Waals surface area contributed by atoms with Crippen molar-refractivity contribution in [2.45, 2.75) is 39.3 Å². The molecule has 0 radical (unpaired) electrons. The number of benzene rings is 1. The Bertz CT molecular complexity index is 1020. The van der Waals surface area contributed by atoms with E-state index in [9.17, 15) is 4.79 Å². The third-order valence-electron chi connectivity index (χ3n) is 5.23. The van der Waals surface area contributed by atoms with E-state index in [-0.39, 0.29) is 5.91 Å². The van der Waals surface area contributed by atoms with Gasteiger partial charge in [0.1, 0.15) is 18.7 Å². The molecule has 1 aromatic carbocycles. The van der Waals surface area contributed by atoms with Crippen molar-refractivity contribution in [3.8, 4) is 16.9 Å². The van der Waals surface area contributed by atoms with Gasteiger partial charge in [-0.15, -0.1) is 0 Å². The van der Waals surface area contributed by atoms with E-state index in [2.05, 4.69) is 45.3 Å². The maximum Gasteiger partial charge on any atom is 0.234 e. The highest BCUT2D eigenvalue weighted by atomic mass is 16.5. The van der Waals surface area contributed by atoms with Crippen LogP contribution in [0.4, 0.5) is 0 Å². The molecule has 3 aromatic rings. The van der Waals surface area contributed by atoms with Gasteiger partial charge in [-0.05, 0) is 30.0 Å². The van der Waals surface area contributed by atoms with Crippen molar-refractivity contribution < 1.29 is 14.1 Å². The van der Waals surface area contributed by atoms with Crippen LogP contribution in [0.15, 0.2) is 47.5 Å². The van der Waals surface area contributed by atoms with Crippen LogP contribution in [-0.4, -0.2) is 45.6 Å². The summed E-state index contributed by atoms with van der Waals surface area (Å²) in [5.41, 5.74) is 3.85. The van der Waals surface area contributed by atoms with E-state index in [1.165, 1.54) is 6.33 Å². The quantitative estimate of drug-likeness (QED) is 0.626. The van der Waals surface area contributed by atoms with Gasteiger partial charge in [0.15, 0.2) is 5.76 Å². The topological polar surface area (TPSA) is 93.4 Å². The zero-order chi connectivity index (χ0) is 21.6. The number of carbonyl (C=O) groups is 1. The van der Waals surface area contributed by atoms with Crippen LogP contribution in [0.5, 0.6) is 5.75 Å². The molecule has 0 aliphatic carbocycles. The fourth-order valence-corrected chi connectivity index (χ4v) is 3.53. The molecule has 3 heterocycles. The van der Waals surface area contributed by atoms with Gasteiger partial charge in [-0.2, -0.15) is 0 Å². The molecule has 0 bridgehead atoms. The van der Waals surface area contributed by atoms with Gasteiger partial charge in [0.05, 0.1) is 12.2 Å². The summed E-state index contributed by atoms with van der Waals surface area (Å²) in [4.78, 5) is 22.4. The van der Waals surface area contributed by atoms with Crippen molar-refractivity contribution in [2.24, 2.45) is 0 Å². The first-order valence-corrected chi connectivity index (χ1v) is 10.5. The van der Waals surface area contributed by atoms with E-state index in [1.807, 2.05) is 18.2 Å². The molecule has 1 aliphatic rings. The summed E-state index contributed by atoms with van der Waals surface area (Å²) in [7, 11) is 0. The van der Waals surface area contributed by atoms with Gasteiger partial charge in [-0.25, -0.2) is 9.97 Å². The lowest BCUT2D eigenvalue weighted by Gasteiger charge is -2.21. The molecule has 0 spiro atoms. The molecular formula is C23H27N5O3. The first-order chi connectivity index (χ1) is 15.1. The lowest BCUT2D eigenvalue weighted by molar-refractivity contribution is -0.121. The molecule has 0 atom stereocenters. The van der Waals surface area contributed by atoms with E-state index in [0.29, 0.717) is 37.9 Å². The Hall–Kier alpha value is -3.26. The molecule has 1 fully saturated rings. The van der Waals surface area contributed by atoms with Crippen LogP contribution in [0.1, 0.15) is 43.2 Å². The van der Waals surface area contributed by atoms with Gasteiger partial charge in [0.2, 0.25) is 5.91 Å². The van der Waals surface area contributed by atoms with Crippen molar-refractivity contribution in [3.05, 3.63) is 60.0 Å². The Morgan fingerprint density at radius 1 is 1.19 bits per heavy atom. The summed E-state index contributed by atoms with van der Waals surface area (Å²) < 4.78 is 11.5. The number of amides is 1. The first kappa shape index (κ1) is 21.0. The Morgan fingerprint density at radius 2 is 2.03 bits per heavy atom. The lowest BCUT2D eigenvalue weighted by atomic mass is 10.0. The normalized spacial score (nSPS) is 15.0. The zero-order valence-electron chi connectivity index (χ0n) is 17.9. The minimum Gasteiger partial charge on any atom is -0.485 e. The Morgan fingerprint density at radius 3 is 2.81 bits per heavy atom. The Labute approximate surface area is 181 Å². The summed E-state index contributed by atoms with van der Waals surface area (Å²) in [5.74, 6) is 1.79. The molecule has 8 heteroatoms. The first-order valence-electron chi connectivity index (χ1n) is 10.5. The summed E-state index contributed by atoms with van der Waals surface area (Å²) in [6.45, 7) is 6.98. The molecule has 4 rings (SSSR count). The van der Waals surface area contributed by atoms with Crippen LogP contribution in [0, 0.1) is 0 Å². The Balaban J connectivity index is 1.57. The second-order valence-corrected chi connectivity index (χ2v) is 8.03. The van der Waals surface area contributed by atoms with Gasteiger partial charge in [0.25, 0.3) is 0 Å². The van der Waals surface area contributed by atoms with Crippen molar-refractivity contribution >= 4 is 5.91 Å². The number of ether oxygens (including phenoxy) is 1. The fraction of sp³-hybridized carbons (Fsp3) is 0.391. The molecule has 0 unspecified atom stereocenters. The number of carbonyl (C=O) groups excluding carboxylic acids is 1. The van der Waals surface area contributed by atoms with E-state index in [0.717, 1.165) is 41.1 Å². The molecule has 1 N–H and O–H groups in total. The smallest absolute Gasteiger partial charge is 0.234 e. The van der Waals surface area contributed by atoms with Crippen molar-refractivity contribution in [3.63, 3.8) is 0 Å². The van der Waals surface area contributed by atoms with E-state index < -0.39 is 0 Å². The van der Waals surface area contributed by atoms with Crippen LogP contribution >= 0.6 is 0 Å². The predicted molar refractivity (Wildman–Crippen MR) is 115 cm³/mol. The average Bonchev–Trinajstić information content (AvgIpc) is 3.16. The average molecular weight is 422 g/mol. The number of rotatable bonds is 7. The molecule has 162 valence electrons. The monoisotopic (exact) mass is 421 g/mol. The molecule has 1 amide bonds. The fourth-order valence-electron chi connectivity index (χ4n) is 3.53. The molecule has 1 aliphatic heterocycles. The number of aromatic nitrogens is 3. The second kappa shape index (κ2) is 9.70. The minimum atomic E-state index is 0.0513. The van der Waals surface area contributed by atoms with Crippen LogP contribution < -0.4 is 10.1 Å². The van der Waals surface area contributed by atoms with Crippen molar-refractivity contribution in [1.29, 1.82) is 0 Å². The molecule has 8 nitrogen and oxygen atoms in total. The number of hydrogen-bond acceptors (Lipinski definition) is 7. The maximum absolute atomic E-state index is 12.0. The molecule has 2 aromatic heterocycles. The highest BCUT2D eigenvalue weighted by Gasteiger charge is 2.18. The van der Waals surface area contributed by atoms with Crippen molar-refractivity contribution in [2.75, 3.05) is 19.6 Å². The number of nitrogens with one attached hydrogen (secondary N) is 1. The SMILES string of the molecule is CC(C)c1cc(COc2ccc(-c3cncnc3)cc2CN2CCCNC(=O)C2)on1. The van der Waals surface area contributed by atoms with E-state index >= 15 is 0 Å². The minimum absolute atomic E-state index is 0.0513. The zero-order valence-corrected chi connectivity index (χ0v) is 17.9. The number of hydrogen-bond donors (Lipinski definition) is 1. The molecular weight excluding hydrogens is 394 g/mol. The predicted octanol–water partition coefficient (Wildman–Crippen LogP) is 3.16. The van der Waals surface area contributed by atoms with E-state index in [1.54, 1.807) is 12.4 Å². The highest BCUT2D eigenvalue weighted by Crippen LogP contribution is 2.28. The summed E-state index contributed by atoms with van der Waals surface area (Å²) >= 11 is 0. The van der Waals surface area contributed by atoms with E-state index in [4.69, 9.17) is 9.26 Å².